The van der Waals surface area contributed by atoms with E-state index >= 15 is 0 Å². The van der Waals surface area contributed by atoms with E-state index < -0.39 is 17.6 Å². The Kier molecular flexibility index (Phi) is 5.62. The fourth-order valence-corrected chi connectivity index (χ4v) is 3.04. The standard InChI is InChI=1S/C16H22ClN3O3/c1-3-8-16(2,15(22)23)18-14(21)13-9-12(19-20-13)10-6-4-5-7-11(10)17/h4-7,12-13,19-20H,3,8-9H2,1-2H3,(H,18,21)(H,22,23). The van der Waals surface area contributed by atoms with E-state index in [1.807, 2.05) is 25.1 Å². The van der Waals surface area contributed by atoms with Gasteiger partial charge in [0.2, 0.25) is 5.91 Å². The fourth-order valence-electron chi connectivity index (χ4n) is 2.77. The minimum absolute atomic E-state index is 0.0956. The Balaban J connectivity index is 2.02. The number of hydrazine groups is 1. The first-order chi connectivity index (χ1) is 10.9. The normalized spacial score (nSPS) is 23.3. The number of carboxylic acid groups (broad SMARTS) is 1. The van der Waals surface area contributed by atoms with Crippen LogP contribution in [0.4, 0.5) is 0 Å². The molecule has 1 fully saturated rings. The lowest BCUT2D eigenvalue weighted by Gasteiger charge is -2.27. The van der Waals surface area contributed by atoms with E-state index in [2.05, 4.69) is 16.2 Å². The van der Waals surface area contributed by atoms with Crippen LogP contribution in [0.15, 0.2) is 24.3 Å². The Bertz CT molecular complexity index is 596. The number of halogens is 1. The zero-order chi connectivity index (χ0) is 17.0. The Morgan fingerprint density at radius 3 is 2.70 bits per heavy atom. The van der Waals surface area contributed by atoms with Gasteiger partial charge in [-0.2, -0.15) is 0 Å². The van der Waals surface area contributed by atoms with Crippen molar-refractivity contribution in [1.29, 1.82) is 0 Å². The van der Waals surface area contributed by atoms with Crippen LogP contribution in [-0.4, -0.2) is 28.6 Å². The lowest BCUT2D eigenvalue weighted by atomic mass is 9.95. The summed E-state index contributed by atoms with van der Waals surface area (Å²) >= 11 is 6.17. The quantitative estimate of drug-likeness (QED) is 0.636. The van der Waals surface area contributed by atoms with Crippen LogP contribution >= 0.6 is 11.6 Å². The molecule has 1 heterocycles. The Labute approximate surface area is 140 Å². The maximum atomic E-state index is 12.4. The molecule has 6 nitrogen and oxygen atoms in total. The van der Waals surface area contributed by atoms with Crippen molar-refractivity contribution in [2.45, 2.75) is 50.7 Å². The van der Waals surface area contributed by atoms with Crippen molar-refractivity contribution in [1.82, 2.24) is 16.2 Å². The number of carbonyl (C=O) groups is 2. The van der Waals surface area contributed by atoms with Crippen LogP contribution in [0.1, 0.15) is 44.7 Å². The van der Waals surface area contributed by atoms with Gasteiger partial charge in [0.25, 0.3) is 0 Å². The largest absolute Gasteiger partial charge is 0.480 e. The molecule has 3 unspecified atom stereocenters. The van der Waals surface area contributed by atoms with Gasteiger partial charge in [-0.25, -0.2) is 15.6 Å². The van der Waals surface area contributed by atoms with E-state index in [4.69, 9.17) is 11.6 Å². The predicted molar refractivity (Wildman–Crippen MR) is 88.0 cm³/mol. The highest BCUT2D eigenvalue weighted by molar-refractivity contribution is 6.31. The summed E-state index contributed by atoms with van der Waals surface area (Å²) in [6.45, 7) is 3.42. The minimum atomic E-state index is -1.25. The second-order valence-electron chi connectivity index (χ2n) is 6.03. The number of hydrogen-bond donors (Lipinski definition) is 4. The lowest BCUT2D eigenvalue weighted by Crippen LogP contribution is -2.56. The van der Waals surface area contributed by atoms with Crippen LogP contribution < -0.4 is 16.2 Å². The monoisotopic (exact) mass is 339 g/mol. The first-order valence-corrected chi connectivity index (χ1v) is 8.06. The zero-order valence-electron chi connectivity index (χ0n) is 13.2. The molecule has 1 amide bonds. The summed E-state index contributed by atoms with van der Waals surface area (Å²) in [6.07, 6.45) is 1.54. The van der Waals surface area contributed by atoms with Crippen LogP contribution in [0.5, 0.6) is 0 Å². The number of hydrogen-bond acceptors (Lipinski definition) is 4. The smallest absolute Gasteiger partial charge is 0.329 e. The van der Waals surface area contributed by atoms with Crippen molar-refractivity contribution < 1.29 is 14.7 Å². The van der Waals surface area contributed by atoms with E-state index in [0.717, 1.165) is 5.56 Å². The van der Waals surface area contributed by atoms with Gasteiger partial charge >= 0.3 is 5.97 Å². The summed E-state index contributed by atoms with van der Waals surface area (Å²) in [5, 5.41) is 12.6. The zero-order valence-corrected chi connectivity index (χ0v) is 14.0. The van der Waals surface area contributed by atoms with Crippen LogP contribution in [0.25, 0.3) is 0 Å². The van der Waals surface area contributed by atoms with E-state index in [-0.39, 0.29) is 11.9 Å². The average Bonchev–Trinajstić information content (AvgIpc) is 2.97. The molecule has 0 radical (unpaired) electrons. The number of rotatable bonds is 6. The van der Waals surface area contributed by atoms with Crippen molar-refractivity contribution in [2.75, 3.05) is 0 Å². The summed E-state index contributed by atoms with van der Waals surface area (Å²) in [5.41, 5.74) is 5.63. The van der Waals surface area contributed by atoms with E-state index in [9.17, 15) is 14.7 Å². The molecule has 126 valence electrons. The summed E-state index contributed by atoms with van der Waals surface area (Å²) in [6, 6.07) is 6.84. The Hall–Kier alpha value is -1.63. The van der Waals surface area contributed by atoms with Crippen LogP contribution in [0.2, 0.25) is 5.02 Å². The van der Waals surface area contributed by atoms with Gasteiger partial charge in [0.05, 0.1) is 0 Å². The van der Waals surface area contributed by atoms with Gasteiger partial charge in [-0.15, -0.1) is 0 Å². The Morgan fingerprint density at radius 2 is 2.09 bits per heavy atom. The molecule has 0 saturated carbocycles. The average molecular weight is 340 g/mol. The third-order valence-corrected chi connectivity index (χ3v) is 4.47. The summed E-state index contributed by atoms with van der Waals surface area (Å²) in [5.74, 6) is -1.35. The van der Waals surface area contributed by atoms with Gasteiger partial charge in [0.1, 0.15) is 11.6 Å². The highest BCUT2D eigenvalue weighted by Gasteiger charge is 2.38. The van der Waals surface area contributed by atoms with Crippen LogP contribution in [0.3, 0.4) is 0 Å². The number of carboxylic acids is 1. The third-order valence-electron chi connectivity index (χ3n) is 4.12. The van der Waals surface area contributed by atoms with Crippen molar-refractivity contribution >= 4 is 23.5 Å². The number of aliphatic carboxylic acids is 1. The first-order valence-electron chi connectivity index (χ1n) is 7.68. The number of amides is 1. The highest BCUT2D eigenvalue weighted by Crippen LogP contribution is 2.28. The summed E-state index contributed by atoms with van der Waals surface area (Å²) in [7, 11) is 0. The lowest BCUT2D eigenvalue weighted by molar-refractivity contribution is -0.147. The van der Waals surface area contributed by atoms with Crippen molar-refractivity contribution in [3.63, 3.8) is 0 Å². The SMILES string of the molecule is CCCC(C)(NC(=O)C1CC(c2ccccc2Cl)NN1)C(=O)O. The van der Waals surface area contributed by atoms with Gasteiger partial charge in [-0.3, -0.25) is 4.79 Å². The van der Waals surface area contributed by atoms with Crippen molar-refractivity contribution in [3.8, 4) is 0 Å². The van der Waals surface area contributed by atoms with Gasteiger partial charge < -0.3 is 10.4 Å². The van der Waals surface area contributed by atoms with Gasteiger partial charge in [0.15, 0.2) is 0 Å². The molecule has 1 aliphatic heterocycles. The molecule has 1 aromatic carbocycles. The molecule has 0 aromatic heterocycles. The summed E-state index contributed by atoms with van der Waals surface area (Å²) < 4.78 is 0. The van der Waals surface area contributed by atoms with Crippen molar-refractivity contribution in [3.05, 3.63) is 34.9 Å². The minimum Gasteiger partial charge on any atom is -0.480 e. The van der Waals surface area contributed by atoms with Crippen LogP contribution in [0, 0.1) is 0 Å². The molecule has 2 rings (SSSR count). The topological polar surface area (TPSA) is 90.5 Å². The molecule has 7 heteroatoms. The predicted octanol–water partition coefficient (Wildman–Crippen LogP) is 2.01. The third kappa shape index (κ3) is 4.02. The molecule has 1 aliphatic rings. The second-order valence-corrected chi connectivity index (χ2v) is 6.43. The molecule has 0 spiro atoms. The van der Waals surface area contributed by atoms with Gasteiger partial charge in [-0.05, 0) is 31.4 Å². The van der Waals surface area contributed by atoms with E-state index in [0.29, 0.717) is 24.3 Å². The maximum absolute atomic E-state index is 12.4. The van der Waals surface area contributed by atoms with E-state index in [1.165, 1.54) is 6.92 Å². The molecule has 3 atom stereocenters. The fraction of sp³-hybridized carbons (Fsp3) is 0.500. The molecule has 23 heavy (non-hydrogen) atoms. The first kappa shape index (κ1) is 17.7. The second kappa shape index (κ2) is 7.29. The molecule has 0 bridgehead atoms. The van der Waals surface area contributed by atoms with Crippen LogP contribution in [-0.2, 0) is 9.59 Å². The Morgan fingerprint density at radius 1 is 1.39 bits per heavy atom. The molecular weight excluding hydrogens is 318 g/mol. The molecule has 4 N–H and O–H groups in total. The number of carbonyl (C=O) groups excluding carboxylic acids is 1. The molecule has 1 aromatic rings. The van der Waals surface area contributed by atoms with Gasteiger partial charge in [-0.1, -0.05) is 43.1 Å². The van der Waals surface area contributed by atoms with Gasteiger partial charge in [0, 0.05) is 11.1 Å². The highest BCUT2D eigenvalue weighted by atomic mass is 35.5. The molecule has 1 saturated heterocycles. The maximum Gasteiger partial charge on any atom is 0.329 e. The molecular formula is C16H22ClN3O3. The molecule has 0 aliphatic carbocycles. The van der Waals surface area contributed by atoms with Crippen molar-refractivity contribution in [2.24, 2.45) is 0 Å². The summed E-state index contributed by atoms with van der Waals surface area (Å²) in [4.78, 5) is 23.8. The number of nitrogens with one attached hydrogen (secondary N) is 3. The van der Waals surface area contributed by atoms with E-state index in [1.54, 1.807) is 6.07 Å². The number of benzene rings is 1.